The number of hydrogen-bond donors (Lipinski definition) is 1. The van der Waals surface area contributed by atoms with Gasteiger partial charge in [-0.2, -0.15) is 0 Å². The third-order valence-corrected chi connectivity index (χ3v) is 5.22. The summed E-state index contributed by atoms with van der Waals surface area (Å²) in [5.74, 6) is 1.41. The standard InChI is InChI=1S/C20H24ClN3O3/c1-14-16(21)5-4-6-17(14)22-20(25)24-11-9-23(10-12-24)15-7-8-18(26-2)19(13-15)27-3/h4-8,13H,9-12H2,1-3H3,(H,22,25). The Hall–Kier alpha value is -2.60. The molecule has 0 aromatic heterocycles. The van der Waals surface area contributed by atoms with Crippen LogP contribution in [-0.2, 0) is 0 Å². The third-order valence-electron chi connectivity index (χ3n) is 4.81. The highest BCUT2D eigenvalue weighted by molar-refractivity contribution is 6.31. The molecule has 0 atom stereocenters. The summed E-state index contributed by atoms with van der Waals surface area (Å²) in [5.41, 5.74) is 2.67. The molecule has 144 valence electrons. The molecule has 2 aromatic rings. The number of carbonyl (C=O) groups excluding carboxylic acids is 1. The Morgan fingerprint density at radius 3 is 2.41 bits per heavy atom. The number of urea groups is 1. The Bertz CT molecular complexity index is 820. The molecule has 7 heteroatoms. The molecule has 0 saturated carbocycles. The number of piperazine rings is 1. The smallest absolute Gasteiger partial charge is 0.321 e. The van der Waals surface area contributed by atoms with E-state index >= 15 is 0 Å². The summed E-state index contributed by atoms with van der Waals surface area (Å²) >= 11 is 6.13. The lowest BCUT2D eigenvalue weighted by Gasteiger charge is -2.36. The second-order valence-electron chi connectivity index (χ2n) is 6.36. The van der Waals surface area contributed by atoms with Crippen LogP contribution in [0.4, 0.5) is 16.2 Å². The fourth-order valence-corrected chi connectivity index (χ4v) is 3.30. The maximum atomic E-state index is 12.6. The molecule has 1 fully saturated rings. The number of rotatable bonds is 4. The van der Waals surface area contributed by atoms with E-state index in [0.717, 1.165) is 30.0 Å². The topological polar surface area (TPSA) is 54.0 Å². The predicted octanol–water partition coefficient (Wildman–Crippen LogP) is 4.02. The van der Waals surface area contributed by atoms with Crippen LogP contribution in [0.5, 0.6) is 11.5 Å². The lowest BCUT2D eigenvalue weighted by molar-refractivity contribution is 0.208. The first-order chi connectivity index (χ1) is 13.0. The first-order valence-electron chi connectivity index (χ1n) is 8.81. The molecule has 2 aromatic carbocycles. The predicted molar refractivity (Wildman–Crippen MR) is 109 cm³/mol. The van der Waals surface area contributed by atoms with Crippen molar-refractivity contribution in [3.63, 3.8) is 0 Å². The van der Waals surface area contributed by atoms with Crippen molar-refractivity contribution in [3.05, 3.63) is 47.0 Å². The maximum absolute atomic E-state index is 12.6. The van der Waals surface area contributed by atoms with Crippen LogP contribution in [0.2, 0.25) is 5.02 Å². The van der Waals surface area contributed by atoms with Gasteiger partial charge in [-0.15, -0.1) is 0 Å². The van der Waals surface area contributed by atoms with Crippen molar-refractivity contribution in [2.24, 2.45) is 0 Å². The van der Waals surface area contributed by atoms with Crippen LogP contribution in [0.15, 0.2) is 36.4 Å². The van der Waals surface area contributed by atoms with Gasteiger partial charge in [0.25, 0.3) is 0 Å². The molecule has 0 aliphatic carbocycles. The molecule has 1 heterocycles. The van der Waals surface area contributed by atoms with Crippen LogP contribution in [0.25, 0.3) is 0 Å². The van der Waals surface area contributed by atoms with Crippen molar-refractivity contribution in [3.8, 4) is 11.5 Å². The summed E-state index contributed by atoms with van der Waals surface area (Å²) in [5, 5.41) is 3.60. The van der Waals surface area contributed by atoms with Crippen LogP contribution in [0.3, 0.4) is 0 Å². The molecule has 0 bridgehead atoms. The molecule has 0 radical (unpaired) electrons. The number of carbonyl (C=O) groups is 1. The van der Waals surface area contributed by atoms with Crippen molar-refractivity contribution in [1.82, 2.24) is 4.90 Å². The summed E-state index contributed by atoms with van der Waals surface area (Å²) < 4.78 is 10.7. The highest BCUT2D eigenvalue weighted by Gasteiger charge is 2.22. The minimum atomic E-state index is -0.104. The number of benzene rings is 2. The van der Waals surface area contributed by atoms with E-state index in [0.29, 0.717) is 29.6 Å². The highest BCUT2D eigenvalue weighted by Crippen LogP contribution is 2.32. The van der Waals surface area contributed by atoms with Gasteiger partial charge in [0.15, 0.2) is 11.5 Å². The number of halogens is 1. The summed E-state index contributed by atoms with van der Waals surface area (Å²) in [4.78, 5) is 16.6. The second-order valence-corrected chi connectivity index (χ2v) is 6.76. The Morgan fingerprint density at radius 1 is 1.04 bits per heavy atom. The van der Waals surface area contributed by atoms with Crippen molar-refractivity contribution in [2.75, 3.05) is 50.6 Å². The number of methoxy groups -OCH3 is 2. The van der Waals surface area contributed by atoms with Gasteiger partial charge in [-0.3, -0.25) is 0 Å². The lowest BCUT2D eigenvalue weighted by Crippen LogP contribution is -2.50. The molecule has 1 N–H and O–H groups in total. The number of hydrogen-bond acceptors (Lipinski definition) is 4. The van der Waals surface area contributed by atoms with Crippen LogP contribution in [-0.4, -0.2) is 51.3 Å². The molecule has 27 heavy (non-hydrogen) atoms. The van der Waals surface area contributed by atoms with Crippen LogP contribution < -0.4 is 19.7 Å². The molecule has 6 nitrogen and oxygen atoms in total. The summed E-state index contributed by atoms with van der Waals surface area (Å²) in [6, 6.07) is 11.3. The van der Waals surface area contributed by atoms with E-state index in [4.69, 9.17) is 21.1 Å². The van der Waals surface area contributed by atoms with Gasteiger partial charge < -0.3 is 24.6 Å². The van der Waals surface area contributed by atoms with Gasteiger partial charge in [0, 0.05) is 48.6 Å². The van der Waals surface area contributed by atoms with Crippen LogP contribution in [0.1, 0.15) is 5.56 Å². The van der Waals surface area contributed by atoms with Gasteiger partial charge >= 0.3 is 6.03 Å². The molecule has 1 aliphatic heterocycles. The molecule has 3 rings (SSSR count). The summed E-state index contributed by atoms with van der Waals surface area (Å²) in [7, 11) is 3.25. The minimum Gasteiger partial charge on any atom is -0.493 e. The Labute approximate surface area is 164 Å². The van der Waals surface area contributed by atoms with Crippen molar-refractivity contribution < 1.29 is 14.3 Å². The number of amides is 2. The van der Waals surface area contributed by atoms with E-state index in [2.05, 4.69) is 10.2 Å². The molecule has 1 aliphatic rings. The maximum Gasteiger partial charge on any atom is 0.321 e. The molecular weight excluding hydrogens is 366 g/mol. The zero-order chi connectivity index (χ0) is 19.4. The first-order valence-corrected chi connectivity index (χ1v) is 9.19. The minimum absolute atomic E-state index is 0.104. The lowest BCUT2D eigenvalue weighted by atomic mass is 10.2. The van der Waals surface area contributed by atoms with Crippen molar-refractivity contribution in [2.45, 2.75) is 6.92 Å². The van der Waals surface area contributed by atoms with Crippen molar-refractivity contribution in [1.29, 1.82) is 0 Å². The average molecular weight is 390 g/mol. The van der Waals surface area contributed by atoms with E-state index in [1.807, 2.05) is 48.2 Å². The van der Waals surface area contributed by atoms with E-state index in [1.165, 1.54) is 0 Å². The molecule has 0 spiro atoms. The van der Waals surface area contributed by atoms with Crippen molar-refractivity contribution >= 4 is 29.0 Å². The van der Waals surface area contributed by atoms with E-state index < -0.39 is 0 Å². The number of ether oxygens (including phenoxy) is 2. The largest absolute Gasteiger partial charge is 0.493 e. The highest BCUT2D eigenvalue weighted by atomic mass is 35.5. The van der Waals surface area contributed by atoms with E-state index in [9.17, 15) is 4.79 Å². The average Bonchev–Trinajstić information content (AvgIpc) is 2.71. The van der Waals surface area contributed by atoms with Gasteiger partial charge in [0.05, 0.1) is 14.2 Å². The number of nitrogens with zero attached hydrogens (tertiary/aromatic N) is 2. The van der Waals surface area contributed by atoms with Gasteiger partial charge in [-0.1, -0.05) is 17.7 Å². The third kappa shape index (κ3) is 4.22. The molecule has 1 saturated heterocycles. The van der Waals surface area contributed by atoms with Crippen LogP contribution >= 0.6 is 11.6 Å². The Morgan fingerprint density at radius 2 is 1.74 bits per heavy atom. The molecular formula is C20H24ClN3O3. The quantitative estimate of drug-likeness (QED) is 0.858. The number of nitrogens with one attached hydrogen (secondary N) is 1. The zero-order valence-electron chi connectivity index (χ0n) is 15.8. The Kier molecular flexibility index (Phi) is 5.96. The first kappa shape index (κ1) is 19.2. The normalized spacial score (nSPS) is 14.1. The Balaban J connectivity index is 1.61. The fourth-order valence-electron chi connectivity index (χ4n) is 3.13. The molecule has 0 unspecified atom stereocenters. The van der Waals surface area contributed by atoms with E-state index in [1.54, 1.807) is 14.2 Å². The number of anilines is 2. The SMILES string of the molecule is COc1ccc(N2CCN(C(=O)Nc3cccc(Cl)c3C)CC2)cc1OC. The summed E-state index contributed by atoms with van der Waals surface area (Å²) in [6.07, 6.45) is 0. The fraction of sp³-hybridized carbons (Fsp3) is 0.350. The molecule has 2 amide bonds. The van der Waals surface area contributed by atoms with E-state index in [-0.39, 0.29) is 6.03 Å². The van der Waals surface area contributed by atoms with Gasteiger partial charge in [-0.25, -0.2) is 4.79 Å². The van der Waals surface area contributed by atoms with Crippen LogP contribution in [0, 0.1) is 6.92 Å². The van der Waals surface area contributed by atoms with Gasteiger partial charge in [0.2, 0.25) is 0 Å². The monoisotopic (exact) mass is 389 g/mol. The van der Waals surface area contributed by atoms with Gasteiger partial charge in [-0.05, 0) is 36.8 Å². The second kappa shape index (κ2) is 8.39. The zero-order valence-corrected chi connectivity index (χ0v) is 16.5. The van der Waals surface area contributed by atoms with Gasteiger partial charge in [0.1, 0.15) is 0 Å². The summed E-state index contributed by atoms with van der Waals surface area (Å²) in [6.45, 7) is 4.67.